The molecule has 114 valence electrons. The van der Waals surface area contributed by atoms with Crippen molar-refractivity contribution in [1.82, 2.24) is 0 Å². The Morgan fingerprint density at radius 2 is 1.86 bits per heavy atom. The van der Waals surface area contributed by atoms with Crippen molar-refractivity contribution in [3.63, 3.8) is 0 Å². The first kappa shape index (κ1) is 14.7. The molecule has 2 atom stereocenters. The molecule has 2 unspecified atom stereocenters. The van der Waals surface area contributed by atoms with Gasteiger partial charge in [0.1, 0.15) is 11.6 Å². The van der Waals surface area contributed by atoms with Gasteiger partial charge < -0.3 is 0 Å². The lowest BCUT2D eigenvalue weighted by Crippen LogP contribution is -2.36. The lowest BCUT2D eigenvalue weighted by molar-refractivity contribution is -0.122. The lowest BCUT2D eigenvalue weighted by Gasteiger charge is -2.27. The topological polar surface area (TPSA) is 51.2 Å². The first-order valence-corrected chi connectivity index (χ1v) is 8.99. The van der Waals surface area contributed by atoms with Gasteiger partial charge in [0.25, 0.3) is 0 Å². The van der Waals surface area contributed by atoms with Crippen molar-refractivity contribution in [1.29, 1.82) is 0 Å². The molecule has 3 rings (SSSR count). The minimum Gasteiger partial charge on any atom is -0.299 e. The summed E-state index contributed by atoms with van der Waals surface area (Å²) in [4.78, 5) is 12.4. The zero-order valence-electron chi connectivity index (χ0n) is 12.0. The summed E-state index contributed by atoms with van der Waals surface area (Å²) in [6.45, 7) is 1.86. The zero-order valence-corrected chi connectivity index (χ0v) is 12.8. The van der Waals surface area contributed by atoms with E-state index in [1.807, 2.05) is 6.92 Å². The third kappa shape index (κ3) is 2.63. The summed E-state index contributed by atoms with van der Waals surface area (Å²) in [7, 11) is -3.00. The highest BCUT2D eigenvalue weighted by Gasteiger charge is 2.48. The summed E-state index contributed by atoms with van der Waals surface area (Å²) in [5.41, 5.74) is 1.61. The lowest BCUT2D eigenvalue weighted by atomic mass is 9.90. The molecule has 2 aliphatic rings. The van der Waals surface area contributed by atoms with Gasteiger partial charge in [0.15, 0.2) is 9.84 Å². The Morgan fingerprint density at radius 3 is 2.48 bits per heavy atom. The number of fused-ring (bicyclic) bond motifs is 2. The highest BCUT2D eigenvalue weighted by Crippen LogP contribution is 2.41. The second-order valence-corrected chi connectivity index (χ2v) is 8.80. The summed E-state index contributed by atoms with van der Waals surface area (Å²) in [5, 5.41) is -0.669. The van der Waals surface area contributed by atoms with Crippen LogP contribution in [0.4, 0.5) is 4.39 Å². The summed E-state index contributed by atoms with van der Waals surface area (Å²) < 4.78 is 37.4. The molecule has 0 aliphatic carbocycles. The zero-order chi connectivity index (χ0) is 15.2. The van der Waals surface area contributed by atoms with Crippen LogP contribution in [0.2, 0.25) is 0 Å². The molecule has 5 heteroatoms. The minimum absolute atomic E-state index is 0.0514. The Balaban J connectivity index is 1.74. The molecule has 1 aromatic rings. The van der Waals surface area contributed by atoms with E-state index in [0.717, 1.165) is 5.56 Å². The van der Waals surface area contributed by atoms with Crippen molar-refractivity contribution in [2.75, 3.05) is 0 Å². The second kappa shape index (κ2) is 5.20. The van der Waals surface area contributed by atoms with Crippen LogP contribution in [0.25, 0.3) is 0 Å². The third-order valence-electron chi connectivity index (χ3n) is 4.97. The molecule has 3 nitrogen and oxygen atoms in total. The van der Waals surface area contributed by atoms with Crippen LogP contribution in [0.15, 0.2) is 18.2 Å². The Bertz CT molecular complexity index is 661. The molecule has 0 aromatic heterocycles. The van der Waals surface area contributed by atoms with E-state index < -0.39 is 9.84 Å². The van der Waals surface area contributed by atoms with Gasteiger partial charge in [0.05, 0.1) is 10.5 Å². The van der Waals surface area contributed by atoms with Gasteiger partial charge in [-0.15, -0.1) is 0 Å². The average Bonchev–Trinajstić information content (AvgIpc) is 2.63. The van der Waals surface area contributed by atoms with E-state index in [0.29, 0.717) is 31.2 Å². The fourth-order valence-electron chi connectivity index (χ4n) is 3.63. The number of ketones is 1. The number of halogens is 1. The molecule has 2 aliphatic heterocycles. The third-order valence-corrected chi connectivity index (χ3v) is 7.68. The SMILES string of the molecule is Cc1ccc(F)cc1CC(=O)C1CC2CCC(C1)S2(=O)=O. The Hall–Kier alpha value is -1.23. The average molecular weight is 310 g/mol. The fraction of sp³-hybridized carbons (Fsp3) is 0.562. The quantitative estimate of drug-likeness (QED) is 0.862. The smallest absolute Gasteiger partial charge is 0.156 e. The molecule has 21 heavy (non-hydrogen) atoms. The predicted molar refractivity (Wildman–Crippen MR) is 78.3 cm³/mol. The van der Waals surface area contributed by atoms with Crippen LogP contribution in [0.1, 0.15) is 36.8 Å². The first-order valence-electron chi connectivity index (χ1n) is 7.38. The highest BCUT2D eigenvalue weighted by molar-refractivity contribution is 7.93. The number of hydrogen-bond acceptors (Lipinski definition) is 3. The van der Waals surface area contributed by atoms with E-state index in [4.69, 9.17) is 0 Å². The van der Waals surface area contributed by atoms with Gasteiger partial charge in [0, 0.05) is 12.3 Å². The normalized spacial score (nSPS) is 30.3. The van der Waals surface area contributed by atoms with Crippen molar-refractivity contribution in [3.8, 4) is 0 Å². The maximum atomic E-state index is 13.3. The summed E-state index contributed by atoms with van der Waals surface area (Å²) in [5.74, 6) is -0.473. The van der Waals surface area contributed by atoms with Crippen LogP contribution in [-0.2, 0) is 21.1 Å². The van der Waals surface area contributed by atoms with Crippen molar-refractivity contribution in [3.05, 3.63) is 35.1 Å². The molecule has 1 aromatic carbocycles. The van der Waals surface area contributed by atoms with Gasteiger partial charge in [-0.2, -0.15) is 0 Å². The van der Waals surface area contributed by atoms with Crippen molar-refractivity contribution in [2.24, 2.45) is 5.92 Å². The number of hydrogen-bond donors (Lipinski definition) is 0. The Kier molecular flexibility index (Phi) is 3.64. The van der Waals surface area contributed by atoms with E-state index in [1.54, 1.807) is 6.07 Å². The maximum absolute atomic E-state index is 13.3. The Morgan fingerprint density at radius 1 is 1.24 bits per heavy atom. The number of Topliss-reactive ketones (excluding diaryl/α,β-unsaturated/α-hetero) is 1. The molecular weight excluding hydrogens is 291 g/mol. The van der Waals surface area contributed by atoms with Gasteiger partial charge in [-0.3, -0.25) is 4.79 Å². The molecule has 0 N–H and O–H groups in total. The van der Waals surface area contributed by atoms with Crippen LogP contribution in [0.3, 0.4) is 0 Å². The van der Waals surface area contributed by atoms with Crippen LogP contribution in [-0.4, -0.2) is 24.7 Å². The number of aryl methyl sites for hydroxylation is 1. The van der Waals surface area contributed by atoms with Crippen LogP contribution < -0.4 is 0 Å². The van der Waals surface area contributed by atoms with E-state index in [1.165, 1.54) is 12.1 Å². The molecule has 2 fully saturated rings. The maximum Gasteiger partial charge on any atom is 0.156 e. The van der Waals surface area contributed by atoms with Crippen molar-refractivity contribution < 1.29 is 17.6 Å². The number of rotatable bonds is 3. The molecule has 2 heterocycles. The van der Waals surface area contributed by atoms with Crippen molar-refractivity contribution in [2.45, 2.75) is 49.5 Å². The number of sulfone groups is 1. The largest absolute Gasteiger partial charge is 0.299 e. The predicted octanol–water partition coefficient (Wildman–Crippen LogP) is 2.60. The fourth-order valence-corrected chi connectivity index (χ4v) is 6.11. The molecular formula is C16H19FO3S. The monoisotopic (exact) mass is 310 g/mol. The Labute approximate surface area is 124 Å². The van der Waals surface area contributed by atoms with Gasteiger partial charge in [0.2, 0.25) is 0 Å². The van der Waals surface area contributed by atoms with Gasteiger partial charge in [-0.25, -0.2) is 12.8 Å². The van der Waals surface area contributed by atoms with E-state index in [9.17, 15) is 17.6 Å². The standard InChI is InChI=1S/C16H19FO3S/c1-10-2-3-13(17)6-11(10)9-16(18)12-7-14-4-5-15(8-12)21(14,19)20/h2-3,6,12,14-15H,4-5,7-9H2,1H3. The van der Waals surface area contributed by atoms with Gasteiger partial charge in [-0.1, -0.05) is 6.07 Å². The summed E-state index contributed by atoms with van der Waals surface area (Å²) in [6.07, 6.45) is 2.48. The van der Waals surface area contributed by atoms with E-state index in [2.05, 4.69) is 0 Å². The minimum atomic E-state index is -3.00. The van der Waals surface area contributed by atoms with Gasteiger partial charge in [-0.05, 0) is 55.9 Å². The highest BCUT2D eigenvalue weighted by atomic mass is 32.2. The first-order chi connectivity index (χ1) is 9.88. The number of carbonyl (C=O) groups excluding carboxylic acids is 1. The number of benzene rings is 1. The molecule has 2 bridgehead atoms. The van der Waals surface area contributed by atoms with Crippen LogP contribution in [0, 0.1) is 18.7 Å². The van der Waals surface area contributed by atoms with E-state index in [-0.39, 0.29) is 34.4 Å². The van der Waals surface area contributed by atoms with E-state index >= 15 is 0 Å². The van der Waals surface area contributed by atoms with Crippen LogP contribution in [0.5, 0.6) is 0 Å². The molecule has 0 spiro atoms. The second-order valence-electron chi connectivity index (χ2n) is 6.29. The summed E-state index contributed by atoms with van der Waals surface area (Å²) >= 11 is 0. The van der Waals surface area contributed by atoms with Crippen molar-refractivity contribution >= 4 is 15.6 Å². The summed E-state index contributed by atoms with van der Waals surface area (Å²) in [6, 6.07) is 4.46. The van der Waals surface area contributed by atoms with Crippen LogP contribution >= 0.6 is 0 Å². The molecule has 0 radical (unpaired) electrons. The molecule has 2 saturated heterocycles. The van der Waals surface area contributed by atoms with Gasteiger partial charge >= 0.3 is 0 Å². The molecule has 0 amide bonds. The number of carbonyl (C=O) groups is 1. The molecule has 0 saturated carbocycles.